The Kier molecular flexibility index (Phi) is 3.71. The van der Waals surface area contributed by atoms with Gasteiger partial charge in [0.05, 0.1) is 18.3 Å². The molecule has 0 bridgehead atoms. The predicted molar refractivity (Wildman–Crippen MR) is 86.1 cm³/mol. The Labute approximate surface area is 136 Å². The third kappa shape index (κ3) is 2.49. The number of anilines is 1. The van der Waals surface area contributed by atoms with Crippen LogP contribution in [0.5, 0.6) is 0 Å². The maximum Gasteiger partial charge on any atom is 0.226 e. The summed E-state index contributed by atoms with van der Waals surface area (Å²) in [5, 5.41) is 0. The van der Waals surface area contributed by atoms with Gasteiger partial charge < -0.3 is 14.5 Å². The summed E-state index contributed by atoms with van der Waals surface area (Å²) in [5.74, 6) is 2.21. The molecule has 23 heavy (non-hydrogen) atoms. The average Bonchev–Trinajstić information content (AvgIpc) is 2.82. The average molecular weight is 316 g/mol. The number of ether oxygens (including phenoxy) is 1. The summed E-state index contributed by atoms with van der Waals surface area (Å²) >= 11 is 0. The van der Waals surface area contributed by atoms with Gasteiger partial charge in [-0.2, -0.15) is 0 Å². The maximum absolute atomic E-state index is 12.9. The highest BCUT2D eigenvalue weighted by Crippen LogP contribution is 2.40. The van der Waals surface area contributed by atoms with E-state index in [9.17, 15) is 4.79 Å². The number of aromatic nitrogens is 2. The van der Waals surface area contributed by atoms with Gasteiger partial charge in [-0.25, -0.2) is 9.97 Å². The second kappa shape index (κ2) is 5.74. The van der Waals surface area contributed by atoms with E-state index in [1.165, 1.54) is 6.42 Å². The van der Waals surface area contributed by atoms with Gasteiger partial charge in [0.2, 0.25) is 5.91 Å². The number of carbonyl (C=O) groups excluding carboxylic acids is 1. The number of carbonyl (C=O) groups is 1. The molecule has 6 nitrogen and oxygen atoms in total. The molecule has 4 heterocycles. The van der Waals surface area contributed by atoms with E-state index in [-0.39, 0.29) is 17.9 Å². The smallest absolute Gasteiger partial charge is 0.226 e. The minimum absolute atomic E-state index is 0.0662. The summed E-state index contributed by atoms with van der Waals surface area (Å²) in [5.41, 5.74) is 2.20. The first-order chi connectivity index (χ1) is 11.1. The summed E-state index contributed by atoms with van der Waals surface area (Å²) in [6, 6.07) is 0.0662. The van der Waals surface area contributed by atoms with Crippen LogP contribution in [-0.4, -0.2) is 47.1 Å². The lowest BCUT2D eigenvalue weighted by molar-refractivity contribution is -0.140. The molecule has 1 atom stereocenters. The molecule has 3 aliphatic heterocycles. The Bertz CT molecular complexity index is 623. The quantitative estimate of drug-likeness (QED) is 0.833. The van der Waals surface area contributed by atoms with Gasteiger partial charge in [-0.15, -0.1) is 0 Å². The molecular formula is C17H24N4O2. The molecule has 3 aliphatic rings. The van der Waals surface area contributed by atoms with Crippen molar-refractivity contribution in [3.8, 4) is 0 Å². The zero-order valence-electron chi connectivity index (χ0n) is 13.9. The third-order valence-electron chi connectivity index (χ3n) is 5.33. The van der Waals surface area contributed by atoms with Crippen molar-refractivity contribution in [3.05, 3.63) is 17.1 Å². The van der Waals surface area contributed by atoms with Crippen LogP contribution in [0, 0.1) is 12.8 Å². The van der Waals surface area contributed by atoms with E-state index in [0.29, 0.717) is 19.8 Å². The molecule has 0 N–H and O–H groups in total. The Morgan fingerprint density at radius 3 is 2.61 bits per heavy atom. The lowest BCUT2D eigenvalue weighted by Gasteiger charge is -2.35. The van der Waals surface area contributed by atoms with Gasteiger partial charge in [-0.1, -0.05) is 0 Å². The van der Waals surface area contributed by atoms with Crippen molar-refractivity contribution in [2.24, 2.45) is 5.92 Å². The van der Waals surface area contributed by atoms with Crippen molar-refractivity contribution in [2.45, 2.75) is 45.7 Å². The molecule has 2 saturated heterocycles. The second-order valence-electron chi connectivity index (χ2n) is 6.82. The molecule has 0 aromatic carbocycles. The maximum atomic E-state index is 12.9. The highest BCUT2D eigenvalue weighted by molar-refractivity contribution is 5.80. The monoisotopic (exact) mass is 316 g/mol. The highest BCUT2D eigenvalue weighted by atomic mass is 16.5. The fourth-order valence-corrected chi connectivity index (χ4v) is 3.84. The third-order valence-corrected chi connectivity index (χ3v) is 5.33. The minimum Gasteiger partial charge on any atom is -0.381 e. The van der Waals surface area contributed by atoms with Gasteiger partial charge in [0.1, 0.15) is 11.6 Å². The van der Waals surface area contributed by atoms with Gasteiger partial charge >= 0.3 is 0 Å². The summed E-state index contributed by atoms with van der Waals surface area (Å²) in [6.07, 6.45) is 2.89. The van der Waals surface area contributed by atoms with Gasteiger partial charge in [-0.3, -0.25) is 4.79 Å². The lowest BCUT2D eigenvalue weighted by Crippen LogP contribution is -2.39. The van der Waals surface area contributed by atoms with Crippen LogP contribution in [0.2, 0.25) is 0 Å². The van der Waals surface area contributed by atoms with Crippen molar-refractivity contribution >= 4 is 11.7 Å². The fraction of sp³-hybridized carbons (Fsp3) is 0.706. The Morgan fingerprint density at radius 2 is 1.96 bits per heavy atom. The topological polar surface area (TPSA) is 58.6 Å². The van der Waals surface area contributed by atoms with Gasteiger partial charge in [0.25, 0.3) is 0 Å². The van der Waals surface area contributed by atoms with Gasteiger partial charge in [-0.05, 0) is 33.1 Å². The van der Waals surface area contributed by atoms with Crippen LogP contribution in [-0.2, 0) is 16.1 Å². The van der Waals surface area contributed by atoms with Crippen molar-refractivity contribution in [3.63, 3.8) is 0 Å². The van der Waals surface area contributed by atoms with E-state index in [1.807, 2.05) is 11.8 Å². The molecule has 4 rings (SSSR count). The van der Waals surface area contributed by atoms with Gasteiger partial charge in [0, 0.05) is 37.8 Å². The molecular weight excluding hydrogens is 292 g/mol. The predicted octanol–water partition coefficient (Wildman–Crippen LogP) is 1.82. The van der Waals surface area contributed by atoms with E-state index in [0.717, 1.165) is 48.8 Å². The molecule has 124 valence electrons. The number of amides is 1. The highest BCUT2D eigenvalue weighted by Gasteiger charge is 2.39. The summed E-state index contributed by atoms with van der Waals surface area (Å²) < 4.78 is 5.39. The van der Waals surface area contributed by atoms with Crippen LogP contribution in [0.3, 0.4) is 0 Å². The first-order valence-electron chi connectivity index (χ1n) is 8.65. The van der Waals surface area contributed by atoms with Crippen molar-refractivity contribution in [1.82, 2.24) is 14.9 Å². The van der Waals surface area contributed by atoms with Crippen molar-refractivity contribution in [2.75, 3.05) is 31.2 Å². The molecule has 0 spiro atoms. The van der Waals surface area contributed by atoms with Crippen LogP contribution in [0.25, 0.3) is 0 Å². The van der Waals surface area contributed by atoms with Crippen LogP contribution in [0.4, 0.5) is 5.82 Å². The summed E-state index contributed by atoms with van der Waals surface area (Å²) in [4.78, 5) is 26.6. The Morgan fingerprint density at radius 1 is 1.22 bits per heavy atom. The van der Waals surface area contributed by atoms with E-state index in [4.69, 9.17) is 4.74 Å². The van der Waals surface area contributed by atoms with E-state index in [2.05, 4.69) is 21.8 Å². The molecule has 1 amide bonds. The SMILES string of the molecule is Cc1nc2c(c(N3CCC3)n1)C(C)N(C(=O)C1CCOCC1)C2. The second-order valence-corrected chi connectivity index (χ2v) is 6.82. The van der Waals surface area contributed by atoms with E-state index >= 15 is 0 Å². The number of nitrogens with zero attached hydrogens (tertiary/aromatic N) is 4. The number of fused-ring (bicyclic) bond motifs is 1. The van der Waals surface area contributed by atoms with Crippen molar-refractivity contribution < 1.29 is 9.53 Å². The number of rotatable bonds is 2. The fourth-order valence-electron chi connectivity index (χ4n) is 3.84. The molecule has 0 saturated carbocycles. The Balaban J connectivity index is 1.62. The van der Waals surface area contributed by atoms with Gasteiger partial charge in [0.15, 0.2) is 0 Å². The first kappa shape index (κ1) is 14.9. The summed E-state index contributed by atoms with van der Waals surface area (Å²) in [6.45, 7) is 8.19. The zero-order valence-corrected chi connectivity index (χ0v) is 13.9. The van der Waals surface area contributed by atoms with Crippen LogP contribution >= 0.6 is 0 Å². The molecule has 6 heteroatoms. The van der Waals surface area contributed by atoms with Crippen LogP contribution < -0.4 is 4.90 Å². The normalized spacial score (nSPS) is 24.5. The van der Waals surface area contributed by atoms with E-state index in [1.54, 1.807) is 0 Å². The van der Waals surface area contributed by atoms with E-state index < -0.39 is 0 Å². The molecule has 1 unspecified atom stereocenters. The zero-order chi connectivity index (χ0) is 16.0. The first-order valence-corrected chi connectivity index (χ1v) is 8.65. The molecule has 0 aliphatic carbocycles. The number of hydrogen-bond acceptors (Lipinski definition) is 5. The standard InChI is InChI=1S/C17H24N4O2/c1-11-15-14(18-12(2)19-16(15)20-6-3-7-20)10-21(11)17(22)13-4-8-23-9-5-13/h11,13H,3-10H2,1-2H3. The lowest BCUT2D eigenvalue weighted by atomic mass is 9.98. The largest absolute Gasteiger partial charge is 0.381 e. The van der Waals surface area contributed by atoms with Crippen molar-refractivity contribution in [1.29, 1.82) is 0 Å². The summed E-state index contributed by atoms with van der Waals surface area (Å²) in [7, 11) is 0. The minimum atomic E-state index is 0.0662. The molecule has 1 aromatic rings. The number of aryl methyl sites for hydroxylation is 1. The molecule has 1 aromatic heterocycles. The number of hydrogen-bond donors (Lipinski definition) is 0. The Hall–Kier alpha value is -1.69. The molecule has 2 fully saturated rings. The molecule has 0 radical (unpaired) electrons. The van der Waals surface area contributed by atoms with Crippen LogP contribution in [0.1, 0.15) is 49.3 Å². The van der Waals surface area contributed by atoms with Crippen LogP contribution in [0.15, 0.2) is 0 Å².